The Labute approximate surface area is 96.3 Å². The van der Waals surface area contributed by atoms with Crippen molar-refractivity contribution in [2.45, 2.75) is 13.3 Å². The van der Waals surface area contributed by atoms with Gasteiger partial charge in [-0.05, 0) is 41.2 Å². The van der Waals surface area contributed by atoms with Crippen LogP contribution in [-0.4, -0.2) is 0 Å². The van der Waals surface area contributed by atoms with Crippen molar-refractivity contribution in [1.29, 1.82) is 0 Å². The fourth-order valence-electron chi connectivity index (χ4n) is 2.37. The topological polar surface area (TPSA) is 0 Å². The third-order valence-electron chi connectivity index (χ3n) is 3.28. The highest BCUT2D eigenvalue weighted by Gasteiger charge is 2.09. The van der Waals surface area contributed by atoms with E-state index in [0.717, 1.165) is 6.42 Å². The van der Waals surface area contributed by atoms with Crippen molar-refractivity contribution in [3.63, 3.8) is 0 Å². The summed E-state index contributed by atoms with van der Waals surface area (Å²) in [6.45, 7) is 2.18. The number of benzene rings is 2. The summed E-state index contributed by atoms with van der Waals surface area (Å²) >= 11 is 0. The van der Waals surface area contributed by atoms with E-state index in [9.17, 15) is 0 Å². The summed E-state index contributed by atoms with van der Waals surface area (Å²) in [5.41, 5.74) is 6.95. The fraction of sp³-hybridized carbons (Fsp3) is 0.125. The molecule has 0 radical (unpaired) electrons. The first kappa shape index (κ1) is 9.41. The maximum absolute atomic E-state index is 2.25. The molecule has 78 valence electrons. The van der Waals surface area contributed by atoms with Gasteiger partial charge in [-0.2, -0.15) is 0 Å². The largest absolute Gasteiger partial charge is 0.0619 e. The predicted octanol–water partition coefficient (Wildman–Crippen LogP) is 4.07. The van der Waals surface area contributed by atoms with Crippen LogP contribution in [-0.2, 0) is 6.42 Å². The molecule has 2 aromatic carbocycles. The van der Waals surface area contributed by atoms with Gasteiger partial charge in [0.25, 0.3) is 0 Å². The van der Waals surface area contributed by atoms with Crippen molar-refractivity contribution in [2.75, 3.05) is 0 Å². The molecule has 0 aliphatic heterocycles. The Bertz CT molecular complexity index is 562. The number of hydrogen-bond donors (Lipinski definition) is 0. The number of hydrogen-bond acceptors (Lipinski definition) is 0. The minimum absolute atomic E-state index is 1.04. The van der Waals surface area contributed by atoms with Gasteiger partial charge in [0.05, 0.1) is 0 Å². The van der Waals surface area contributed by atoms with E-state index in [1.807, 2.05) is 0 Å². The molecule has 0 atom stereocenters. The van der Waals surface area contributed by atoms with Crippen LogP contribution < -0.4 is 0 Å². The standard InChI is InChI=1S/C16H14/c1-12-5-4-8-15-11-14-7-3-2-6-13(14)9-10-16(12)15/h2-10H,11H2,1H3. The van der Waals surface area contributed by atoms with Crippen LogP contribution in [0, 0.1) is 6.92 Å². The highest BCUT2D eigenvalue weighted by Crippen LogP contribution is 2.26. The molecule has 0 bridgehead atoms. The van der Waals surface area contributed by atoms with Crippen molar-refractivity contribution in [1.82, 2.24) is 0 Å². The molecule has 0 saturated carbocycles. The van der Waals surface area contributed by atoms with E-state index in [1.54, 1.807) is 0 Å². The van der Waals surface area contributed by atoms with Gasteiger partial charge in [-0.25, -0.2) is 0 Å². The van der Waals surface area contributed by atoms with Crippen LogP contribution in [0.15, 0.2) is 42.5 Å². The Balaban J connectivity index is 2.21. The van der Waals surface area contributed by atoms with Crippen molar-refractivity contribution in [3.8, 4) is 0 Å². The van der Waals surface area contributed by atoms with Gasteiger partial charge in [0.2, 0.25) is 0 Å². The SMILES string of the molecule is Cc1cccc2c1C=Cc1ccccc1C2. The number of rotatable bonds is 0. The number of aryl methyl sites for hydroxylation is 1. The molecule has 0 heteroatoms. The molecule has 0 spiro atoms. The Morgan fingerprint density at radius 2 is 1.62 bits per heavy atom. The van der Waals surface area contributed by atoms with E-state index in [4.69, 9.17) is 0 Å². The average molecular weight is 206 g/mol. The van der Waals surface area contributed by atoms with Crippen molar-refractivity contribution in [2.24, 2.45) is 0 Å². The summed E-state index contributed by atoms with van der Waals surface area (Å²) in [7, 11) is 0. The molecule has 16 heavy (non-hydrogen) atoms. The van der Waals surface area contributed by atoms with Crippen LogP contribution in [0.1, 0.15) is 27.8 Å². The van der Waals surface area contributed by atoms with Gasteiger partial charge in [-0.1, -0.05) is 54.6 Å². The van der Waals surface area contributed by atoms with E-state index >= 15 is 0 Å². The Morgan fingerprint density at radius 3 is 2.56 bits per heavy atom. The third-order valence-corrected chi connectivity index (χ3v) is 3.28. The summed E-state index contributed by atoms with van der Waals surface area (Å²) in [5, 5.41) is 0. The zero-order valence-corrected chi connectivity index (χ0v) is 9.40. The van der Waals surface area contributed by atoms with Gasteiger partial charge >= 0.3 is 0 Å². The normalized spacial score (nSPS) is 12.8. The van der Waals surface area contributed by atoms with Gasteiger partial charge in [0.15, 0.2) is 0 Å². The summed E-state index contributed by atoms with van der Waals surface area (Å²) in [6.07, 6.45) is 5.52. The molecule has 0 amide bonds. The van der Waals surface area contributed by atoms with Gasteiger partial charge in [0, 0.05) is 0 Å². The fourth-order valence-corrected chi connectivity index (χ4v) is 2.37. The van der Waals surface area contributed by atoms with Crippen LogP contribution in [0.3, 0.4) is 0 Å². The lowest BCUT2D eigenvalue weighted by atomic mass is 9.97. The number of fused-ring (bicyclic) bond motifs is 2. The second-order valence-electron chi connectivity index (χ2n) is 4.36. The first-order valence-electron chi connectivity index (χ1n) is 5.69. The first-order chi connectivity index (χ1) is 7.84. The Hall–Kier alpha value is -1.82. The zero-order valence-electron chi connectivity index (χ0n) is 9.40. The third kappa shape index (κ3) is 1.47. The molecule has 0 unspecified atom stereocenters. The zero-order chi connectivity index (χ0) is 11.0. The van der Waals surface area contributed by atoms with E-state index in [0.29, 0.717) is 0 Å². The lowest BCUT2D eigenvalue weighted by molar-refractivity contribution is 1.17. The first-order valence-corrected chi connectivity index (χ1v) is 5.69. The summed E-state index contributed by atoms with van der Waals surface area (Å²) < 4.78 is 0. The summed E-state index contributed by atoms with van der Waals surface area (Å²) in [4.78, 5) is 0. The molecule has 0 fully saturated rings. The summed E-state index contributed by atoms with van der Waals surface area (Å²) in [6, 6.07) is 15.2. The maximum Gasteiger partial charge on any atom is -0.00138 e. The molecule has 0 heterocycles. The van der Waals surface area contributed by atoms with Crippen LogP contribution in [0.4, 0.5) is 0 Å². The highest BCUT2D eigenvalue weighted by molar-refractivity contribution is 5.76. The Kier molecular flexibility index (Phi) is 2.14. The van der Waals surface area contributed by atoms with Gasteiger partial charge in [0.1, 0.15) is 0 Å². The lowest BCUT2D eigenvalue weighted by Gasteiger charge is -2.07. The monoisotopic (exact) mass is 206 g/mol. The molecular formula is C16H14. The molecule has 1 aliphatic rings. The molecule has 3 rings (SSSR count). The Morgan fingerprint density at radius 1 is 0.812 bits per heavy atom. The van der Waals surface area contributed by atoms with Crippen molar-refractivity contribution >= 4 is 12.2 Å². The molecule has 0 saturated heterocycles. The molecule has 2 aromatic rings. The maximum atomic E-state index is 2.25. The van der Waals surface area contributed by atoms with E-state index in [2.05, 4.69) is 61.5 Å². The molecular weight excluding hydrogens is 192 g/mol. The molecule has 1 aliphatic carbocycles. The summed E-state index contributed by atoms with van der Waals surface area (Å²) in [5.74, 6) is 0. The van der Waals surface area contributed by atoms with Crippen LogP contribution in [0.25, 0.3) is 12.2 Å². The predicted molar refractivity (Wildman–Crippen MR) is 69.4 cm³/mol. The molecule has 0 aromatic heterocycles. The molecule has 0 N–H and O–H groups in total. The van der Waals surface area contributed by atoms with Crippen LogP contribution in [0.2, 0.25) is 0 Å². The minimum Gasteiger partial charge on any atom is -0.0619 e. The van der Waals surface area contributed by atoms with Gasteiger partial charge < -0.3 is 0 Å². The van der Waals surface area contributed by atoms with E-state index in [-0.39, 0.29) is 0 Å². The van der Waals surface area contributed by atoms with Gasteiger partial charge in [-0.3, -0.25) is 0 Å². The van der Waals surface area contributed by atoms with Crippen molar-refractivity contribution < 1.29 is 0 Å². The smallest absolute Gasteiger partial charge is 0.00138 e. The van der Waals surface area contributed by atoms with E-state index < -0.39 is 0 Å². The van der Waals surface area contributed by atoms with Crippen LogP contribution >= 0.6 is 0 Å². The highest BCUT2D eigenvalue weighted by atomic mass is 14.1. The molecule has 0 nitrogen and oxygen atoms in total. The second kappa shape index (κ2) is 3.64. The van der Waals surface area contributed by atoms with E-state index in [1.165, 1.54) is 27.8 Å². The minimum atomic E-state index is 1.04. The average Bonchev–Trinajstić information content (AvgIpc) is 2.48. The van der Waals surface area contributed by atoms with Gasteiger partial charge in [-0.15, -0.1) is 0 Å². The quantitative estimate of drug-likeness (QED) is 0.520. The second-order valence-corrected chi connectivity index (χ2v) is 4.36. The van der Waals surface area contributed by atoms with Crippen LogP contribution in [0.5, 0.6) is 0 Å². The van der Waals surface area contributed by atoms with Crippen molar-refractivity contribution in [3.05, 3.63) is 70.3 Å². The lowest BCUT2D eigenvalue weighted by Crippen LogP contribution is -1.93.